The number of nitrogens with one attached hydrogen (secondary N) is 2. The van der Waals surface area contributed by atoms with Gasteiger partial charge in [-0.15, -0.1) is 0 Å². The molecule has 1 aromatic heterocycles. The van der Waals surface area contributed by atoms with Crippen molar-refractivity contribution in [2.24, 2.45) is 0 Å². The molecule has 0 spiro atoms. The van der Waals surface area contributed by atoms with Crippen molar-refractivity contribution in [2.45, 2.75) is 49.8 Å². The second-order valence-corrected chi connectivity index (χ2v) is 10.4. The number of pyridine rings is 1. The molecule has 182 valence electrons. The summed E-state index contributed by atoms with van der Waals surface area (Å²) in [6, 6.07) is 10.5. The van der Waals surface area contributed by atoms with Crippen LogP contribution in [0, 0.1) is 6.92 Å². The van der Waals surface area contributed by atoms with Gasteiger partial charge < -0.3 is 10.1 Å². The Bertz CT molecular complexity index is 1100. The Morgan fingerprint density at radius 3 is 2.71 bits per heavy atom. The molecule has 4 rings (SSSR count). The third-order valence-electron chi connectivity index (χ3n) is 5.80. The van der Waals surface area contributed by atoms with Crippen LogP contribution in [0.3, 0.4) is 0 Å². The number of aryl methyl sites for hydroxylation is 1. The van der Waals surface area contributed by atoms with E-state index in [0.717, 1.165) is 30.4 Å². The number of carbonyl (C=O) groups excluding carboxylic acids is 1. The van der Waals surface area contributed by atoms with Gasteiger partial charge in [-0.25, -0.2) is 23.7 Å². The highest BCUT2D eigenvalue weighted by molar-refractivity contribution is 7.89. The molecule has 0 aliphatic carbocycles. The number of amides is 1. The summed E-state index contributed by atoms with van der Waals surface area (Å²) in [5.74, 6) is 0.274. The molecule has 1 amide bonds. The summed E-state index contributed by atoms with van der Waals surface area (Å²) >= 11 is 0. The van der Waals surface area contributed by atoms with Crippen LogP contribution in [-0.4, -0.2) is 55.6 Å². The molecule has 0 bridgehead atoms. The van der Waals surface area contributed by atoms with Gasteiger partial charge in [0.2, 0.25) is 10.0 Å². The van der Waals surface area contributed by atoms with Crippen molar-refractivity contribution in [1.29, 1.82) is 0 Å². The van der Waals surface area contributed by atoms with Crippen LogP contribution in [-0.2, 0) is 24.4 Å². The van der Waals surface area contributed by atoms with Gasteiger partial charge in [-0.05, 0) is 62.1 Å². The first-order valence-corrected chi connectivity index (χ1v) is 12.9. The Labute approximate surface area is 200 Å². The lowest BCUT2D eigenvalue weighted by Gasteiger charge is -2.21. The maximum Gasteiger partial charge on any atom is 0.267 e. The van der Waals surface area contributed by atoms with Crippen LogP contribution in [0.4, 0.5) is 5.82 Å². The van der Waals surface area contributed by atoms with Crippen molar-refractivity contribution >= 4 is 27.8 Å². The SMILES string of the molecule is Cc1ccc(S(=O)(=O)N2CC[C@@H](Nc3ccc(C=CC(=O)NOC4CCCCO4)cn3)C2)cc1. The molecule has 2 N–H and O–H groups in total. The number of hydrogen-bond acceptors (Lipinski definition) is 7. The molecule has 2 aliphatic heterocycles. The molecule has 0 saturated carbocycles. The van der Waals surface area contributed by atoms with Crippen LogP contribution in [0.15, 0.2) is 53.6 Å². The van der Waals surface area contributed by atoms with Gasteiger partial charge in [-0.1, -0.05) is 17.7 Å². The number of sulfonamides is 1. The van der Waals surface area contributed by atoms with Gasteiger partial charge in [0, 0.05) is 44.4 Å². The van der Waals surface area contributed by atoms with Crippen molar-refractivity contribution in [3.05, 3.63) is 59.8 Å². The molecule has 1 unspecified atom stereocenters. The molecule has 3 heterocycles. The summed E-state index contributed by atoms with van der Waals surface area (Å²) < 4.78 is 32.7. The number of anilines is 1. The minimum Gasteiger partial charge on any atom is -0.366 e. The second kappa shape index (κ2) is 11.1. The molecule has 2 atom stereocenters. The van der Waals surface area contributed by atoms with E-state index in [2.05, 4.69) is 15.8 Å². The molecule has 2 aromatic rings. The van der Waals surface area contributed by atoms with E-state index >= 15 is 0 Å². The fraction of sp³-hybridized carbons (Fsp3) is 0.417. The average Bonchev–Trinajstić information content (AvgIpc) is 3.33. The van der Waals surface area contributed by atoms with Crippen LogP contribution >= 0.6 is 0 Å². The van der Waals surface area contributed by atoms with E-state index in [1.165, 1.54) is 10.4 Å². The van der Waals surface area contributed by atoms with Crippen LogP contribution in [0.25, 0.3) is 6.08 Å². The van der Waals surface area contributed by atoms with Crippen molar-refractivity contribution in [3.63, 3.8) is 0 Å². The van der Waals surface area contributed by atoms with Crippen LogP contribution in [0.2, 0.25) is 0 Å². The van der Waals surface area contributed by atoms with Gasteiger partial charge >= 0.3 is 0 Å². The smallest absolute Gasteiger partial charge is 0.267 e. The molecule has 0 radical (unpaired) electrons. The number of rotatable bonds is 8. The summed E-state index contributed by atoms with van der Waals surface area (Å²) in [5.41, 5.74) is 4.15. The van der Waals surface area contributed by atoms with Crippen LogP contribution in [0.5, 0.6) is 0 Å². The maximum absolute atomic E-state index is 12.9. The van der Waals surface area contributed by atoms with Gasteiger partial charge in [-0.3, -0.25) is 4.79 Å². The van der Waals surface area contributed by atoms with E-state index in [0.29, 0.717) is 36.8 Å². The Kier molecular flexibility index (Phi) is 7.94. The summed E-state index contributed by atoms with van der Waals surface area (Å²) in [4.78, 5) is 21.9. The zero-order valence-electron chi connectivity index (χ0n) is 19.1. The minimum atomic E-state index is -3.51. The van der Waals surface area contributed by atoms with Crippen molar-refractivity contribution in [1.82, 2.24) is 14.8 Å². The van der Waals surface area contributed by atoms with E-state index < -0.39 is 16.3 Å². The zero-order chi connectivity index (χ0) is 24.0. The standard InChI is InChI=1S/C24H30N4O5S/c1-18-5-9-21(10-6-18)34(30,31)28-14-13-20(17-28)26-22-11-7-19(16-25-22)8-12-23(29)27-33-24-4-2-3-15-32-24/h5-12,16,20,24H,2-4,13-15,17H2,1H3,(H,25,26)(H,27,29)/t20-,24?/m1/s1. The first-order valence-electron chi connectivity index (χ1n) is 11.4. The third-order valence-corrected chi connectivity index (χ3v) is 7.68. The van der Waals surface area contributed by atoms with Gasteiger partial charge in [0.15, 0.2) is 6.29 Å². The second-order valence-electron chi connectivity index (χ2n) is 8.50. The predicted octanol–water partition coefficient (Wildman–Crippen LogP) is 2.85. The highest BCUT2D eigenvalue weighted by atomic mass is 32.2. The number of carbonyl (C=O) groups is 1. The first kappa shape index (κ1) is 24.3. The van der Waals surface area contributed by atoms with Gasteiger partial charge in [0.25, 0.3) is 5.91 Å². The molecular weight excluding hydrogens is 456 g/mol. The number of nitrogens with zero attached hydrogens (tertiary/aromatic N) is 2. The lowest BCUT2D eigenvalue weighted by atomic mass is 10.2. The highest BCUT2D eigenvalue weighted by Crippen LogP contribution is 2.23. The van der Waals surface area contributed by atoms with E-state index in [1.807, 2.05) is 13.0 Å². The Balaban J connectivity index is 1.25. The summed E-state index contributed by atoms with van der Waals surface area (Å²) in [7, 11) is -3.51. The molecule has 2 aliphatic rings. The highest BCUT2D eigenvalue weighted by Gasteiger charge is 2.32. The molecule has 1 aromatic carbocycles. The molecule has 2 fully saturated rings. The number of benzene rings is 1. The largest absolute Gasteiger partial charge is 0.366 e. The fourth-order valence-corrected chi connectivity index (χ4v) is 5.36. The van der Waals surface area contributed by atoms with E-state index in [1.54, 1.807) is 42.6 Å². The summed E-state index contributed by atoms with van der Waals surface area (Å²) in [6.07, 6.45) is 7.75. The van der Waals surface area contributed by atoms with Gasteiger partial charge in [-0.2, -0.15) is 4.31 Å². The van der Waals surface area contributed by atoms with Gasteiger partial charge in [0.05, 0.1) is 4.90 Å². The number of ether oxygens (including phenoxy) is 1. The molecule has 10 heteroatoms. The Morgan fingerprint density at radius 1 is 1.18 bits per heavy atom. The molecule has 34 heavy (non-hydrogen) atoms. The van der Waals surface area contributed by atoms with Crippen LogP contribution in [0.1, 0.15) is 36.8 Å². The Hall–Kier alpha value is -2.79. The molecule has 2 saturated heterocycles. The molecule has 9 nitrogen and oxygen atoms in total. The van der Waals surface area contributed by atoms with E-state index in [9.17, 15) is 13.2 Å². The lowest BCUT2D eigenvalue weighted by molar-refractivity contribution is -0.198. The third kappa shape index (κ3) is 6.41. The first-order chi connectivity index (χ1) is 16.4. The van der Waals surface area contributed by atoms with Crippen molar-refractivity contribution in [2.75, 3.05) is 25.0 Å². The zero-order valence-corrected chi connectivity index (χ0v) is 20.0. The van der Waals surface area contributed by atoms with Crippen molar-refractivity contribution < 1.29 is 22.8 Å². The number of hydroxylamine groups is 1. The van der Waals surface area contributed by atoms with Gasteiger partial charge in [0.1, 0.15) is 5.82 Å². The maximum atomic E-state index is 12.9. The Morgan fingerprint density at radius 2 is 2.00 bits per heavy atom. The average molecular weight is 487 g/mol. The molecular formula is C24H30N4O5S. The van der Waals surface area contributed by atoms with E-state index in [-0.39, 0.29) is 11.9 Å². The number of aromatic nitrogens is 1. The topological polar surface area (TPSA) is 110 Å². The van der Waals surface area contributed by atoms with Crippen molar-refractivity contribution in [3.8, 4) is 0 Å². The fourth-order valence-electron chi connectivity index (χ4n) is 3.86. The summed E-state index contributed by atoms with van der Waals surface area (Å²) in [5, 5.41) is 3.30. The monoisotopic (exact) mass is 486 g/mol. The normalized spacial score (nSPS) is 21.6. The predicted molar refractivity (Wildman–Crippen MR) is 128 cm³/mol. The number of hydrogen-bond donors (Lipinski definition) is 2. The summed E-state index contributed by atoms with van der Waals surface area (Å²) in [6.45, 7) is 3.41. The lowest BCUT2D eigenvalue weighted by Crippen LogP contribution is -2.32. The minimum absolute atomic E-state index is 0.0287. The quantitative estimate of drug-likeness (QED) is 0.436. The van der Waals surface area contributed by atoms with Crippen LogP contribution < -0.4 is 10.8 Å². The van der Waals surface area contributed by atoms with E-state index in [4.69, 9.17) is 9.57 Å².